The number of rotatable bonds is 6. The van der Waals surface area contributed by atoms with Gasteiger partial charge in [0.2, 0.25) is 10.0 Å². The van der Waals surface area contributed by atoms with Gasteiger partial charge in [0.25, 0.3) is 0 Å². The third-order valence-corrected chi connectivity index (χ3v) is 4.73. The topological polar surface area (TPSA) is 72.7 Å². The largest absolute Gasteiger partial charge is 0.494 e. The summed E-state index contributed by atoms with van der Waals surface area (Å²) in [7, 11) is -3.58. The number of nitrogens with one attached hydrogen (secondary N) is 1. The van der Waals surface area contributed by atoms with E-state index in [1.807, 2.05) is 37.4 Å². The van der Waals surface area contributed by atoms with Gasteiger partial charge in [-0.3, -0.25) is 0 Å². The Morgan fingerprint density at radius 2 is 1.96 bits per heavy atom. The summed E-state index contributed by atoms with van der Waals surface area (Å²) < 4.78 is 34.2. The van der Waals surface area contributed by atoms with E-state index < -0.39 is 10.0 Å². The molecule has 0 aliphatic heterocycles. The lowest BCUT2D eigenvalue weighted by Crippen LogP contribution is -2.23. The van der Waals surface area contributed by atoms with Crippen molar-refractivity contribution in [1.29, 1.82) is 0 Å². The van der Waals surface area contributed by atoms with Gasteiger partial charge in [-0.2, -0.15) is 5.10 Å². The number of ether oxygens (including phenoxy) is 1. The molecule has 2 heterocycles. The number of benzene rings is 1. The third kappa shape index (κ3) is 3.52. The number of fused-ring (bicyclic) bond motifs is 1. The molecule has 0 aliphatic carbocycles. The van der Waals surface area contributed by atoms with Crippen molar-refractivity contribution in [3.8, 4) is 5.75 Å². The van der Waals surface area contributed by atoms with E-state index in [1.54, 1.807) is 16.6 Å². The van der Waals surface area contributed by atoms with Gasteiger partial charge in [0.05, 0.1) is 29.3 Å². The zero-order valence-electron chi connectivity index (χ0n) is 12.6. The molecule has 0 saturated heterocycles. The molecule has 1 aromatic carbocycles. The molecule has 0 atom stereocenters. The van der Waals surface area contributed by atoms with Crippen LogP contribution >= 0.6 is 0 Å². The molecule has 2 aromatic heterocycles. The van der Waals surface area contributed by atoms with Gasteiger partial charge in [-0.05, 0) is 49.4 Å². The molecule has 0 saturated carbocycles. The minimum Gasteiger partial charge on any atom is -0.494 e. The number of aromatic nitrogens is 2. The molecule has 0 amide bonds. The molecule has 1 N–H and O–H groups in total. The lowest BCUT2D eigenvalue weighted by Gasteiger charge is -2.07. The van der Waals surface area contributed by atoms with Gasteiger partial charge < -0.3 is 4.74 Å². The molecule has 7 heteroatoms. The number of sulfonamides is 1. The SMILES string of the molecule is CCOc1ccc(S(=O)(=O)NCc2cc3ccccn3n2)cc1. The van der Waals surface area contributed by atoms with E-state index in [4.69, 9.17) is 4.74 Å². The molecule has 0 aliphatic rings. The Balaban J connectivity index is 1.72. The summed E-state index contributed by atoms with van der Waals surface area (Å²) in [4.78, 5) is 0.199. The fraction of sp³-hybridized carbons (Fsp3) is 0.188. The summed E-state index contributed by atoms with van der Waals surface area (Å²) in [6.45, 7) is 2.55. The highest BCUT2D eigenvalue weighted by Gasteiger charge is 2.14. The molecular formula is C16H17N3O3S. The maximum Gasteiger partial charge on any atom is 0.240 e. The Kier molecular flexibility index (Phi) is 4.31. The number of nitrogens with zero attached hydrogens (tertiary/aromatic N) is 2. The van der Waals surface area contributed by atoms with Crippen LogP contribution in [0.25, 0.3) is 5.52 Å². The molecule has 0 fully saturated rings. The maximum absolute atomic E-state index is 12.3. The quantitative estimate of drug-likeness (QED) is 0.752. The average Bonchev–Trinajstić information content (AvgIpc) is 2.97. The predicted octanol–water partition coefficient (Wildman–Crippen LogP) is 2.21. The van der Waals surface area contributed by atoms with E-state index in [-0.39, 0.29) is 11.4 Å². The van der Waals surface area contributed by atoms with Crippen LogP contribution in [0.5, 0.6) is 5.75 Å². The predicted molar refractivity (Wildman–Crippen MR) is 86.8 cm³/mol. The normalized spacial score (nSPS) is 11.7. The van der Waals surface area contributed by atoms with E-state index in [2.05, 4.69) is 9.82 Å². The first kappa shape index (κ1) is 15.5. The highest BCUT2D eigenvalue weighted by molar-refractivity contribution is 7.89. The summed E-state index contributed by atoms with van der Waals surface area (Å²) in [6.07, 6.45) is 1.82. The fourth-order valence-corrected chi connectivity index (χ4v) is 3.21. The standard InChI is InChI=1S/C16H17N3O3S/c1-2-22-15-6-8-16(9-7-15)23(20,21)17-12-13-11-14-5-3-4-10-19(14)18-13/h3-11,17H,2,12H2,1H3. The monoisotopic (exact) mass is 331 g/mol. The Hall–Kier alpha value is -2.38. The Morgan fingerprint density at radius 1 is 1.17 bits per heavy atom. The molecule has 0 bridgehead atoms. The second kappa shape index (κ2) is 6.39. The zero-order chi connectivity index (χ0) is 16.3. The third-order valence-electron chi connectivity index (χ3n) is 3.31. The van der Waals surface area contributed by atoms with E-state index in [0.717, 1.165) is 5.52 Å². The zero-order valence-corrected chi connectivity index (χ0v) is 13.5. The molecule has 0 spiro atoms. The Morgan fingerprint density at radius 3 is 2.65 bits per heavy atom. The van der Waals surface area contributed by atoms with Crippen molar-refractivity contribution in [1.82, 2.24) is 14.3 Å². The van der Waals surface area contributed by atoms with E-state index in [0.29, 0.717) is 18.1 Å². The van der Waals surface area contributed by atoms with Crippen LogP contribution in [0.4, 0.5) is 0 Å². The van der Waals surface area contributed by atoms with Crippen LogP contribution in [-0.4, -0.2) is 24.6 Å². The van der Waals surface area contributed by atoms with Crippen molar-refractivity contribution in [2.24, 2.45) is 0 Å². The molecule has 6 nitrogen and oxygen atoms in total. The molecule has 0 unspecified atom stereocenters. The second-order valence-electron chi connectivity index (χ2n) is 4.93. The van der Waals surface area contributed by atoms with Gasteiger partial charge in [-0.25, -0.2) is 17.7 Å². The maximum atomic E-state index is 12.3. The van der Waals surface area contributed by atoms with Crippen LogP contribution in [0.3, 0.4) is 0 Å². The molecule has 23 heavy (non-hydrogen) atoms. The first-order valence-electron chi connectivity index (χ1n) is 7.24. The first-order chi connectivity index (χ1) is 11.1. The summed E-state index contributed by atoms with van der Waals surface area (Å²) in [5, 5.41) is 4.32. The van der Waals surface area contributed by atoms with Crippen LogP contribution < -0.4 is 9.46 Å². The minimum atomic E-state index is -3.58. The Bertz CT molecular complexity index is 869. The van der Waals surface area contributed by atoms with Gasteiger partial charge >= 0.3 is 0 Å². The number of hydrogen-bond acceptors (Lipinski definition) is 4. The summed E-state index contributed by atoms with van der Waals surface area (Å²) in [5.74, 6) is 0.645. The van der Waals surface area contributed by atoms with Crippen LogP contribution in [-0.2, 0) is 16.6 Å². The lowest BCUT2D eigenvalue weighted by atomic mass is 10.3. The number of pyridine rings is 1. The van der Waals surface area contributed by atoms with Crippen molar-refractivity contribution < 1.29 is 13.2 Å². The molecular weight excluding hydrogens is 314 g/mol. The van der Waals surface area contributed by atoms with Crippen LogP contribution in [0.2, 0.25) is 0 Å². The first-order valence-corrected chi connectivity index (χ1v) is 8.72. The average molecular weight is 331 g/mol. The Labute approximate surface area is 134 Å². The molecule has 120 valence electrons. The van der Waals surface area contributed by atoms with E-state index in [9.17, 15) is 8.42 Å². The van der Waals surface area contributed by atoms with Crippen molar-refractivity contribution in [2.75, 3.05) is 6.61 Å². The van der Waals surface area contributed by atoms with Crippen molar-refractivity contribution in [3.05, 3.63) is 60.4 Å². The highest BCUT2D eigenvalue weighted by atomic mass is 32.2. The van der Waals surface area contributed by atoms with Gasteiger partial charge in [0.15, 0.2) is 0 Å². The fourth-order valence-electron chi connectivity index (χ4n) is 2.21. The van der Waals surface area contributed by atoms with Crippen LogP contribution in [0, 0.1) is 0 Å². The van der Waals surface area contributed by atoms with Crippen molar-refractivity contribution in [2.45, 2.75) is 18.4 Å². The van der Waals surface area contributed by atoms with E-state index >= 15 is 0 Å². The van der Waals surface area contributed by atoms with Crippen LogP contribution in [0.1, 0.15) is 12.6 Å². The number of hydrogen-bond donors (Lipinski definition) is 1. The van der Waals surface area contributed by atoms with Gasteiger partial charge in [0, 0.05) is 6.20 Å². The van der Waals surface area contributed by atoms with E-state index in [1.165, 1.54) is 12.1 Å². The van der Waals surface area contributed by atoms with Gasteiger partial charge in [0.1, 0.15) is 5.75 Å². The van der Waals surface area contributed by atoms with Crippen molar-refractivity contribution >= 4 is 15.5 Å². The lowest BCUT2D eigenvalue weighted by molar-refractivity contribution is 0.340. The van der Waals surface area contributed by atoms with Crippen LogP contribution in [0.15, 0.2) is 59.6 Å². The molecule has 3 rings (SSSR count). The van der Waals surface area contributed by atoms with Gasteiger partial charge in [-0.15, -0.1) is 0 Å². The molecule has 3 aromatic rings. The summed E-state index contributed by atoms with van der Waals surface area (Å²) in [6, 6.07) is 13.9. The summed E-state index contributed by atoms with van der Waals surface area (Å²) >= 11 is 0. The summed E-state index contributed by atoms with van der Waals surface area (Å²) in [5.41, 5.74) is 1.58. The van der Waals surface area contributed by atoms with Gasteiger partial charge in [-0.1, -0.05) is 6.07 Å². The highest BCUT2D eigenvalue weighted by Crippen LogP contribution is 2.16. The molecule has 0 radical (unpaired) electrons. The minimum absolute atomic E-state index is 0.136. The van der Waals surface area contributed by atoms with Crippen molar-refractivity contribution in [3.63, 3.8) is 0 Å². The second-order valence-corrected chi connectivity index (χ2v) is 6.70. The smallest absolute Gasteiger partial charge is 0.240 e.